The number of aromatic nitrogens is 2. The van der Waals surface area contributed by atoms with Crippen molar-refractivity contribution in [1.82, 2.24) is 19.6 Å². The summed E-state index contributed by atoms with van der Waals surface area (Å²) >= 11 is 0. The molecule has 1 aromatic heterocycles. The van der Waals surface area contributed by atoms with Crippen molar-refractivity contribution in [3.8, 4) is 5.75 Å². The zero-order valence-electron chi connectivity index (χ0n) is 24.2. The molecule has 0 N–H and O–H groups in total. The van der Waals surface area contributed by atoms with Crippen LogP contribution in [0.5, 0.6) is 5.75 Å². The first-order valence-corrected chi connectivity index (χ1v) is 14.3. The maximum Gasteiger partial charge on any atom is 0.258 e. The van der Waals surface area contributed by atoms with Crippen molar-refractivity contribution in [3.05, 3.63) is 76.6 Å². The van der Waals surface area contributed by atoms with E-state index in [4.69, 9.17) is 4.74 Å². The van der Waals surface area contributed by atoms with E-state index in [0.29, 0.717) is 24.1 Å². The highest BCUT2D eigenvalue weighted by Gasteiger charge is 2.27. The van der Waals surface area contributed by atoms with Crippen LogP contribution >= 0.6 is 0 Å². The number of hydrogen-bond donors (Lipinski definition) is 0. The van der Waals surface area contributed by atoms with E-state index in [-0.39, 0.29) is 5.91 Å². The van der Waals surface area contributed by atoms with Crippen LogP contribution in [0.2, 0.25) is 0 Å². The zero-order chi connectivity index (χ0) is 27.6. The molecule has 0 unspecified atom stereocenters. The SMILES string of the molecule is Cc1cc(C(=O)N2Cc3cnn(C)c3Cc3ccccc32)ccc1OCCN1CCN(CCC(C)(C)C)CC1. The van der Waals surface area contributed by atoms with Crippen molar-refractivity contribution in [2.75, 3.05) is 50.8 Å². The van der Waals surface area contributed by atoms with Crippen LogP contribution in [0.1, 0.15) is 59.9 Å². The highest BCUT2D eigenvalue weighted by atomic mass is 16.5. The van der Waals surface area contributed by atoms with Gasteiger partial charge in [-0.15, -0.1) is 0 Å². The first kappa shape index (κ1) is 27.4. The second kappa shape index (κ2) is 11.5. The van der Waals surface area contributed by atoms with Gasteiger partial charge in [-0.3, -0.25) is 14.4 Å². The standard InChI is InChI=1S/C32H43N5O2/c1-24-20-26(10-11-30(24)39-19-18-36-16-14-35(15-17-36)13-12-32(2,3)4)31(38)37-23-27-22-33-34(5)29(27)21-25-8-6-7-9-28(25)37/h6-11,20,22H,12-19,21,23H2,1-5H3. The molecule has 7 heteroatoms. The van der Waals surface area contributed by atoms with Crippen LogP contribution in [0, 0.1) is 12.3 Å². The molecule has 1 saturated heterocycles. The van der Waals surface area contributed by atoms with Gasteiger partial charge in [0.25, 0.3) is 5.91 Å². The van der Waals surface area contributed by atoms with Gasteiger partial charge < -0.3 is 14.5 Å². The van der Waals surface area contributed by atoms with E-state index in [2.05, 4.69) is 41.7 Å². The van der Waals surface area contributed by atoms with E-state index in [9.17, 15) is 4.79 Å². The molecule has 2 aromatic carbocycles. The Hall–Kier alpha value is -3.16. The molecule has 0 saturated carbocycles. The molecule has 0 bridgehead atoms. The monoisotopic (exact) mass is 529 g/mol. The van der Waals surface area contributed by atoms with Gasteiger partial charge in [-0.25, -0.2) is 0 Å². The van der Waals surface area contributed by atoms with E-state index in [1.54, 1.807) is 0 Å². The number of piperazine rings is 1. The number of carbonyl (C=O) groups is 1. The Kier molecular flexibility index (Phi) is 8.10. The quantitative estimate of drug-likeness (QED) is 0.435. The number of fused-ring (bicyclic) bond motifs is 2. The van der Waals surface area contributed by atoms with E-state index >= 15 is 0 Å². The summed E-state index contributed by atoms with van der Waals surface area (Å²) in [4.78, 5) is 20.8. The topological polar surface area (TPSA) is 53.8 Å². The van der Waals surface area contributed by atoms with Crippen LogP contribution in [0.15, 0.2) is 48.7 Å². The van der Waals surface area contributed by atoms with Crippen LogP contribution in [0.3, 0.4) is 0 Å². The average Bonchev–Trinajstić information content (AvgIpc) is 3.16. The number of aryl methyl sites for hydroxylation is 2. The van der Waals surface area contributed by atoms with Gasteiger partial charge in [0.2, 0.25) is 0 Å². The first-order valence-electron chi connectivity index (χ1n) is 14.3. The Bertz CT molecular complexity index is 1300. The molecule has 1 amide bonds. The molecule has 0 radical (unpaired) electrons. The zero-order valence-corrected chi connectivity index (χ0v) is 24.2. The smallest absolute Gasteiger partial charge is 0.258 e. The van der Waals surface area contributed by atoms with E-state index in [0.717, 1.165) is 73.0 Å². The van der Waals surface area contributed by atoms with Crippen LogP contribution in [0.25, 0.3) is 0 Å². The lowest BCUT2D eigenvalue weighted by Gasteiger charge is -2.35. The number of benzene rings is 2. The molecule has 0 spiro atoms. The molecule has 39 heavy (non-hydrogen) atoms. The third-order valence-electron chi connectivity index (χ3n) is 8.09. The van der Waals surface area contributed by atoms with Crippen molar-refractivity contribution < 1.29 is 9.53 Å². The van der Waals surface area contributed by atoms with E-state index in [1.807, 2.05) is 66.1 Å². The second-order valence-electron chi connectivity index (χ2n) is 12.3. The largest absolute Gasteiger partial charge is 0.492 e. The van der Waals surface area contributed by atoms with Crippen LogP contribution in [-0.2, 0) is 20.0 Å². The number of rotatable bonds is 7. The van der Waals surface area contributed by atoms with Crippen LogP contribution < -0.4 is 9.64 Å². The fourth-order valence-electron chi connectivity index (χ4n) is 5.52. The van der Waals surface area contributed by atoms with Crippen molar-refractivity contribution in [2.45, 2.75) is 47.1 Å². The van der Waals surface area contributed by atoms with Crippen LogP contribution in [-0.4, -0.2) is 71.4 Å². The number of nitrogens with zero attached hydrogens (tertiary/aromatic N) is 5. The molecule has 2 aliphatic rings. The second-order valence-corrected chi connectivity index (χ2v) is 12.3. The van der Waals surface area contributed by atoms with Gasteiger partial charge in [-0.2, -0.15) is 5.10 Å². The van der Waals surface area contributed by atoms with Crippen molar-refractivity contribution >= 4 is 11.6 Å². The number of ether oxygens (including phenoxy) is 1. The fourth-order valence-corrected chi connectivity index (χ4v) is 5.52. The molecule has 1 fully saturated rings. The molecule has 2 aliphatic heterocycles. The van der Waals surface area contributed by atoms with Gasteiger partial charge in [0.1, 0.15) is 12.4 Å². The summed E-state index contributed by atoms with van der Waals surface area (Å²) in [6.07, 6.45) is 3.89. The lowest BCUT2D eigenvalue weighted by molar-refractivity contribution is 0.0985. The number of hydrogen-bond acceptors (Lipinski definition) is 5. The van der Waals surface area contributed by atoms with Gasteiger partial charge in [-0.05, 0) is 60.7 Å². The summed E-state index contributed by atoms with van der Waals surface area (Å²) in [5, 5.41) is 4.44. The number of para-hydroxylation sites is 1. The predicted octanol–water partition coefficient (Wildman–Crippen LogP) is 4.91. The Labute approximate surface area is 233 Å². The Morgan fingerprint density at radius 2 is 1.69 bits per heavy atom. The van der Waals surface area contributed by atoms with Gasteiger partial charge in [0, 0.05) is 68.7 Å². The summed E-state index contributed by atoms with van der Waals surface area (Å²) in [5.74, 6) is 0.847. The Balaban J connectivity index is 1.18. The average molecular weight is 530 g/mol. The lowest BCUT2D eigenvalue weighted by atomic mass is 9.92. The third kappa shape index (κ3) is 6.53. The summed E-state index contributed by atoms with van der Waals surface area (Å²) in [6.45, 7) is 16.7. The molecular formula is C32H43N5O2. The highest BCUT2D eigenvalue weighted by molar-refractivity contribution is 6.06. The van der Waals surface area contributed by atoms with Crippen molar-refractivity contribution in [1.29, 1.82) is 0 Å². The molecule has 208 valence electrons. The number of carbonyl (C=O) groups excluding carboxylic acids is 1. The Morgan fingerprint density at radius 3 is 2.41 bits per heavy atom. The maximum absolute atomic E-state index is 13.8. The van der Waals surface area contributed by atoms with Crippen LogP contribution in [0.4, 0.5) is 5.69 Å². The normalized spacial score (nSPS) is 16.5. The van der Waals surface area contributed by atoms with Gasteiger partial charge >= 0.3 is 0 Å². The van der Waals surface area contributed by atoms with E-state index < -0.39 is 0 Å². The molecule has 3 aromatic rings. The van der Waals surface area contributed by atoms with Crippen molar-refractivity contribution in [3.63, 3.8) is 0 Å². The number of amides is 1. The minimum Gasteiger partial charge on any atom is -0.492 e. The third-order valence-corrected chi connectivity index (χ3v) is 8.09. The Morgan fingerprint density at radius 1 is 0.974 bits per heavy atom. The van der Waals surface area contributed by atoms with Gasteiger partial charge in [0.05, 0.1) is 12.7 Å². The summed E-state index contributed by atoms with van der Waals surface area (Å²) in [7, 11) is 1.97. The van der Waals surface area contributed by atoms with E-state index in [1.165, 1.54) is 13.0 Å². The summed E-state index contributed by atoms with van der Waals surface area (Å²) < 4.78 is 8.09. The summed E-state index contributed by atoms with van der Waals surface area (Å²) in [6, 6.07) is 14.0. The predicted molar refractivity (Wildman–Crippen MR) is 157 cm³/mol. The lowest BCUT2D eigenvalue weighted by Crippen LogP contribution is -2.48. The molecule has 7 nitrogen and oxygen atoms in total. The molecule has 0 aliphatic carbocycles. The highest BCUT2D eigenvalue weighted by Crippen LogP contribution is 2.32. The minimum atomic E-state index is -0.00173. The molecular weight excluding hydrogens is 486 g/mol. The maximum atomic E-state index is 13.8. The molecule has 5 rings (SSSR count). The molecule has 0 atom stereocenters. The number of anilines is 1. The van der Waals surface area contributed by atoms with Crippen molar-refractivity contribution in [2.24, 2.45) is 12.5 Å². The van der Waals surface area contributed by atoms with Gasteiger partial charge in [-0.1, -0.05) is 39.0 Å². The first-order chi connectivity index (χ1) is 18.7. The minimum absolute atomic E-state index is 0.00173. The fraction of sp³-hybridized carbons (Fsp3) is 0.500. The van der Waals surface area contributed by atoms with Gasteiger partial charge in [0.15, 0.2) is 0 Å². The summed E-state index contributed by atoms with van der Waals surface area (Å²) in [5.41, 5.74) is 6.41. The molecule has 3 heterocycles.